The van der Waals surface area contributed by atoms with Crippen molar-refractivity contribution in [1.82, 2.24) is 10.3 Å². The maximum absolute atomic E-state index is 11.2. The average Bonchev–Trinajstić information content (AvgIpc) is 2.53. The van der Waals surface area contributed by atoms with Crippen LogP contribution in [-0.4, -0.2) is 43.0 Å². The highest BCUT2D eigenvalue weighted by Crippen LogP contribution is 2.17. The number of hydrazine groups is 1. The van der Waals surface area contributed by atoms with Crippen LogP contribution in [0.3, 0.4) is 0 Å². The van der Waals surface area contributed by atoms with Crippen molar-refractivity contribution in [3.63, 3.8) is 0 Å². The second-order valence-corrected chi connectivity index (χ2v) is 5.31. The summed E-state index contributed by atoms with van der Waals surface area (Å²) in [5, 5.41) is 0. The molecule has 1 aliphatic heterocycles. The molecule has 0 aliphatic carbocycles. The number of nitrogens with two attached hydrogens (primary N) is 1. The Morgan fingerprint density at radius 3 is 2.50 bits per heavy atom. The van der Waals surface area contributed by atoms with Crippen LogP contribution < -0.4 is 16.2 Å². The van der Waals surface area contributed by atoms with Crippen molar-refractivity contribution in [3.05, 3.63) is 30.3 Å². The Balaban J connectivity index is 1.77. The molecule has 0 radical (unpaired) electrons. The third-order valence-corrected chi connectivity index (χ3v) is 4.01. The van der Waals surface area contributed by atoms with Crippen LogP contribution in [0.2, 0.25) is 0 Å². The van der Waals surface area contributed by atoms with Gasteiger partial charge in [0, 0.05) is 44.3 Å². The van der Waals surface area contributed by atoms with Gasteiger partial charge in [-0.2, -0.15) is 0 Å². The molecule has 110 valence electrons. The molecule has 2 rings (SSSR count). The van der Waals surface area contributed by atoms with Crippen molar-refractivity contribution < 1.29 is 4.79 Å². The van der Waals surface area contributed by atoms with Gasteiger partial charge >= 0.3 is 0 Å². The summed E-state index contributed by atoms with van der Waals surface area (Å²) in [4.78, 5) is 16.0. The van der Waals surface area contributed by atoms with Crippen LogP contribution in [0.25, 0.3) is 0 Å². The molecule has 1 fully saturated rings. The number of nitrogens with zero attached hydrogens (tertiary/aromatic N) is 2. The van der Waals surface area contributed by atoms with Gasteiger partial charge in [0.25, 0.3) is 0 Å². The Hall–Kier alpha value is -1.59. The van der Waals surface area contributed by atoms with E-state index in [4.69, 9.17) is 5.84 Å². The number of carbonyl (C=O) groups is 1. The van der Waals surface area contributed by atoms with Gasteiger partial charge < -0.3 is 4.90 Å². The summed E-state index contributed by atoms with van der Waals surface area (Å²) in [5.41, 5.74) is 3.48. The first kappa shape index (κ1) is 14.8. The molecule has 0 bridgehead atoms. The van der Waals surface area contributed by atoms with Crippen LogP contribution in [-0.2, 0) is 4.79 Å². The summed E-state index contributed by atoms with van der Waals surface area (Å²) in [5.74, 6) is 5.02. The number of amides is 1. The molecular formula is C15H24N4O. The van der Waals surface area contributed by atoms with Crippen LogP contribution in [0.4, 0.5) is 5.69 Å². The fraction of sp³-hybridized carbons (Fsp3) is 0.533. The summed E-state index contributed by atoms with van der Waals surface area (Å²) in [6, 6.07) is 10.9. The monoisotopic (exact) mass is 276 g/mol. The molecule has 1 saturated heterocycles. The first-order valence-corrected chi connectivity index (χ1v) is 7.24. The number of hydrogen-bond donors (Lipinski definition) is 2. The van der Waals surface area contributed by atoms with Gasteiger partial charge in [-0.05, 0) is 25.5 Å². The fourth-order valence-corrected chi connectivity index (χ4v) is 2.65. The Morgan fingerprint density at radius 1 is 1.25 bits per heavy atom. The smallest absolute Gasteiger partial charge is 0.233 e. The lowest BCUT2D eigenvalue weighted by Gasteiger charge is -2.39. The van der Waals surface area contributed by atoms with Crippen LogP contribution in [0.1, 0.15) is 19.8 Å². The normalized spacial score (nSPS) is 17.8. The lowest BCUT2D eigenvalue weighted by atomic mass is 10.1. The van der Waals surface area contributed by atoms with Gasteiger partial charge in [-0.15, -0.1) is 0 Å². The molecule has 1 aromatic rings. The van der Waals surface area contributed by atoms with E-state index < -0.39 is 0 Å². The van der Waals surface area contributed by atoms with Crippen LogP contribution >= 0.6 is 0 Å². The van der Waals surface area contributed by atoms with E-state index in [-0.39, 0.29) is 5.91 Å². The van der Waals surface area contributed by atoms with Crippen molar-refractivity contribution in [2.24, 2.45) is 5.84 Å². The minimum atomic E-state index is -0.0835. The van der Waals surface area contributed by atoms with Gasteiger partial charge in [0.2, 0.25) is 5.91 Å². The minimum absolute atomic E-state index is 0.0835. The largest absolute Gasteiger partial charge is 0.369 e. The molecule has 0 spiro atoms. The molecule has 0 aromatic heterocycles. The van der Waals surface area contributed by atoms with E-state index in [1.54, 1.807) is 0 Å². The van der Waals surface area contributed by atoms with Crippen molar-refractivity contribution in [1.29, 1.82) is 0 Å². The second kappa shape index (κ2) is 7.26. The molecule has 1 unspecified atom stereocenters. The molecule has 1 atom stereocenters. The highest BCUT2D eigenvalue weighted by atomic mass is 16.2. The van der Waals surface area contributed by atoms with E-state index in [1.165, 1.54) is 5.69 Å². The van der Waals surface area contributed by atoms with E-state index in [2.05, 4.69) is 46.4 Å². The predicted molar refractivity (Wildman–Crippen MR) is 81.3 cm³/mol. The van der Waals surface area contributed by atoms with Crippen LogP contribution in [0.5, 0.6) is 0 Å². The van der Waals surface area contributed by atoms with Crippen molar-refractivity contribution in [2.45, 2.75) is 25.8 Å². The van der Waals surface area contributed by atoms with Gasteiger partial charge in [0.05, 0.1) is 0 Å². The molecule has 1 aliphatic rings. The summed E-state index contributed by atoms with van der Waals surface area (Å²) < 4.78 is 0. The standard InChI is InChI=1S/C15H24N4O/c1-13(7-8-15(20)17-16)18-9-11-19(12-10-18)14-5-3-2-4-6-14/h2-6,13H,7-12,16H2,1H3,(H,17,20). The molecule has 20 heavy (non-hydrogen) atoms. The lowest BCUT2D eigenvalue weighted by molar-refractivity contribution is -0.121. The average molecular weight is 276 g/mol. The number of carbonyl (C=O) groups excluding carboxylic acids is 1. The van der Waals surface area contributed by atoms with Crippen molar-refractivity contribution in [3.8, 4) is 0 Å². The SMILES string of the molecule is CC(CCC(=O)NN)N1CCN(c2ccccc2)CC1. The zero-order valence-corrected chi connectivity index (χ0v) is 12.1. The van der Waals surface area contributed by atoms with Crippen molar-refractivity contribution in [2.75, 3.05) is 31.1 Å². The third kappa shape index (κ3) is 3.95. The summed E-state index contributed by atoms with van der Waals surface area (Å²) in [6.45, 7) is 6.34. The molecule has 1 amide bonds. The molecular weight excluding hydrogens is 252 g/mol. The first-order valence-electron chi connectivity index (χ1n) is 7.24. The molecule has 0 saturated carbocycles. The van der Waals surface area contributed by atoms with E-state index in [0.29, 0.717) is 12.5 Å². The van der Waals surface area contributed by atoms with Gasteiger partial charge in [-0.25, -0.2) is 5.84 Å². The second-order valence-electron chi connectivity index (χ2n) is 5.31. The van der Waals surface area contributed by atoms with Gasteiger partial charge in [-0.3, -0.25) is 15.1 Å². The molecule has 5 nitrogen and oxygen atoms in total. The Morgan fingerprint density at radius 2 is 1.90 bits per heavy atom. The number of para-hydroxylation sites is 1. The fourth-order valence-electron chi connectivity index (χ4n) is 2.65. The number of anilines is 1. The number of rotatable bonds is 5. The maximum Gasteiger partial charge on any atom is 0.233 e. The van der Waals surface area contributed by atoms with Gasteiger partial charge in [-0.1, -0.05) is 18.2 Å². The zero-order valence-electron chi connectivity index (χ0n) is 12.1. The number of piperazine rings is 1. The Bertz CT molecular complexity index is 415. The lowest BCUT2D eigenvalue weighted by Crippen LogP contribution is -2.49. The first-order chi connectivity index (χ1) is 9.70. The topological polar surface area (TPSA) is 61.6 Å². The number of benzene rings is 1. The molecule has 1 aromatic carbocycles. The zero-order chi connectivity index (χ0) is 14.4. The van der Waals surface area contributed by atoms with Crippen molar-refractivity contribution >= 4 is 11.6 Å². The maximum atomic E-state index is 11.2. The van der Waals surface area contributed by atoms with E-state index in [1.807, 2.05) is 6.07 Å². The summed E-state index contributed by atoms with van der Waals surface area (Å²) in [7, 11) is 0. The molecule has 3 N–H and O–H groups in total. The minimum Gasteiger partial charge on any atom is -0.369 e. The van der Waals surface area contributed by atoms with Crippen LogP contribution in [0, 0.1) is 0 Å². The van der Waals surface area contributed by atoms with E-state index in [9.17, 15) is 4.79 Å². The highest BCUT2D eigenvalue weighted by molar-refractivity contribution is 5.75. The molecule has 5 heteroatoms. The predicted octanol–water partition coefficient (Wildman–Crippen LogP) is 0.967. The quantitative estimate of drug-likeness (QED) is 0.478. The summed E-state index contributed by atoms with van der Waals surface area (Å²) >= 11 is 0. The van der Waals surface area contributed by atoms with Gasteiger partial charge in [0.15, 0.2) is 0 Å². The Labute approximate surface area is 120 Å². The number of hydrogen-bond acceptors (Lipinski definition) is 4. The Kier molecular flexibility index (Phi) is 5.38. The number of nitrogens with one attached hydrogen (secondary N) is 1. The van der Waals surface area contributed by atoms with Crippen LogP contribution in [0.15, 0.2) is 30.3 Å². The van der Waals surface area contributed by atoms with E-state index >= 15 is 0 Å². The molecule has 1 heterocycles. The highest BCUT2D eigenvalue weighted by Gasteiger charge is 2.21. The third-order valence-electron chi connectivity index (χ3n) is 4.01. The van der Waals surface area contributed by atoms with E-state index in [0.717, 1.165) is 32.6 Å². The summed E-state index contributed by atoms with van der Waals surface area (Å²) in [6.07, 6.45) is 1.35. The van der Waals surface area contributed by atoms with Gasteiger partial charge in [0.1, 0.15) is 0 Å².